The van der Waals surface area contributed by atoms with Crippen LogP contribution in [0, 0.1) is 13.8 Å². The molecule has 0 bridgehead atoms. The average Bonchev–Trinajstić information content (AvgIpc) is 3.04. The molecule has 0 unspecified atom stereocenters. The quantitative estimate of drug-likeness (QED) is 0.420. The number of Topliss-reactive ketones (excluding diaryl/α,β-unsaturated/α-hetero) is 1. The van der Waals surface area contributed by atoms with Crippen LogP contribution in [0.25, 0.3) is 0 Å². The lowest BCUT2D eigenvalue weighted by atomic mass is 9.92. The van der Waals surface area contributed by atoms with Crippen LogP contribution in [0.4, 0.5) is 4.79 Å². The number of nitrogens with zero attached hydrogens (tertiary/aromatic N) is 2. The van der Waals surface area contributed by atoms with Crippen molar-refractivity contribution < 1.29 is 14.4 Å². The molecule has 1 N–H and O–H groups in total. The minimum Gasteiger partial charge on any atom is -0.345 e. The fourth-order valence-electron chi connectivity index (χ4n) is 3.64. The van der Waals surface area contributed by atoms with Gasteiger partial charge in [0.1, 0.15) is 5.54 Å². The van der Waals surface area contributed by atoms with E-state index >= 15 is 0 Å². The molecule has 1 aliphatic rings. The molecule has 6 nitrogen and oxygen atoms in total. The highest BCUT2D eigenvalue weighted by molar-refractivity contribution is 6.35. The van der Waals surface area contributed by atoms with Crippen LogP contribution in [0.15, 0.2) is 36.9 Å². The number of hydrogen-bond donors (Lipinski definition) is 1. The fraction of sp³-hybridized carbons (Fsp3) is 0.286. The summed E-state index contributed by atoms with van der Waals surface area (Å²) in [6, 6.07) is 5.81. The Hall–Kier alpha value is -2.57. The van der Waals surface area contributed by atoms with E-state index in [1.165, 1.54) is 6.07 Å². The second kappa shape index (κ2) is 7.69. The largest absolute Gasteiger partial charge is 0.345 e. The van der Waals surface area contributed by atoms with Crippen molar-refractivity contribution >= 4 is 40.9 Å². The molecule has 1 aromatic heterocycles. The molecule has 152 valence electrons. The first-order valence-electron chi connectivity index (χ1n) is 9.00. The monoisotopic (exact) mass is 433 g/mol. The van der Waals surface area contributed by atoms with Gasteiger partial charge in [-0.1, -0.05) is 35.3 Å². The smallest absolute Gasteiger partial charge is 0.325 e. The van der Waals surface area contributed by atoms with E-state index in [1.54, 1.807) is 31.2 Å². The number of aromatic nitrogens is 1. The van der Waals surface area contributed by atoms with Crippen LogP contribution in [-0.2, 0) is 16.9 Å². The SMILES string of the molecule is C=CCn1c(C)cc(C(=O)CN2C(=O)N[C@@](C)(c3ccc(Cl)cc3Cl)C2=O)c1C. The number of amides is 3. The van der Waals surface area contributed by atoms with Gasteiger partial charge in [0, 0.05) is 39.1 Å². The van der Waals surface area contributed by atoms with E-state index in [4.69, 9.17) is 23.2 Å². The zero-order valence-electron chi connectivity index (χ0n) is 16.4. The van der Waals surface area contributed by atoms with Crippen LogP contribution in [0.3, 0.4) is 0 Å². The van der Waals surface area contributed by atoms with Gasteiger partial charge in [0.05, 0.1) is 6.54 Å². The van der Waals surface area contributed by atoms with Crippen molar-refractivity contribution in [1.29, 1.82) is 0 Å². The number of aryl methyl sites for hydroxylation is 1. The summed E-state index contributed by atoms with van der Waals surface area (Å²) in [5.74, 6) is -0.858. The van der Waals surface area contributed by atoms with Crippen molar-refractivity contribution in [2.45, 2.75) is 32.9 Å². The van der Waals surface area contributed by atoms with Gasteiger partial charge in [-0.05, 0) is 39.0 Å². The fourth-order valence-corrected chi connectivity index (χ4v) is 4.24. The molecule has 0 saturated carbocycles. The topological polar surface area (TPSA) is 71.4 Å². The standard InChI is InChI=1S/C21H21Cl2N3O3/c1-5-8-25-12(2)9-15(13(25)3)18(27)11-26-19(28)21(4,24-20(26)29)16-7-6-14(22)10-17(16)23/h5-7,9-10H,1,8,11H2,2-4H3,(H,24,29)/t21-/m0/s1. The van der Waals surface area contributed by atoms with Crippen molar-refractivity contribution in [1.82, 2.24) is 14.8 Å². The van der Waals surface area contributed by atoms with Crippen molar-refractivity contribution in [2.75, 3.05) is 6.54 Å². The maximum Gasteiger partial charge on any atom is 0.325 e. The van der Waals surface area contributed by atoms with E-state index in [-0.39, 0.29) is 17.4 Å². The number of halogens is 2. The first kappa shape index (κ1) is 21.1. The maximum absolute atomic E-state index is 13.1. The van der Waals surface area contributed by atoms with Crippen LogP contribution in [0.5, 0.6) is 0 Å². The van der Waals surface area contributed by atoms with Gasteiger partial charge in [-0.15, -0.1) is 6.58 Å². The number of carbonyl (C=O) groups is 3. The lowest BCUT2D eigenvalue weighted by Gasteiger charge is -2.23. The maximum atomic E-state index is 13.1. The Bertz CT molecular complexity index is 1040. The van der Waals surface area contributed by atoms with Gasteiger partial charge < -0.3 is 9.88 Å². The minimum absolute atomic E-state index is 0.259. The van der Waals surface area contributed by atoms with E-state index in [9.17, 15) is 14.4 Å². The summed E-state index contributed by atoms with van der Waals surface area (Å²) >= 11 is 12.2. The third-order valence-electron chi connectivity index (χ3n) is 5.23. The number of benzene rings is 1. The Morgan fingerprint density at radius 3 is 2.55 bits per heavy atom. The zero-order chi connectivity index (χ0) is 21.5. The van der Waals surface area contributed by atoms with Gasteiger partial charge in [-0.2, -0.15) is 0 Å². The summed E-state index contributed by atoms with van der Waals surface area (Å²) in [6.45, 7) is 9.21. The van der Waals surface area contributed by atoms with Crippen LogP contribution in [0.2, 0.25) is 10.0 Å². The third kappa shape index (κ3) is 3.58. The van der Waals surface area contributed by atoms with Crippen LogP contribution < -0.4 is 5.32 Å². The van der Waals surface area contributed by atoms with E-state index in [2.05, 4.69) is 11.9 Å². The Morgan fingerprint density at radius 2 is 1.93 bits per heavy atom. The van der Waals surface area contributed by atoms with Gasteiger partial charge in [0.25, 0.3) is 5.91 Å². The first-order chi connectivity index (χ1) is 13.6. The Balaban J connectivity index is 1.88. The molecule has 0 radical (unpaired) electrons. The van der Waals surface area contributed by atoms with Gasteiger partial charge >= 0.3 is 6.03 Å². The number of urea groups is 1. The third-order valence-corrected chi connectivity index (χ3v) is 5.78. The lowest BCUT2D eigenvalue weighted by Crippen LogP contribution is -2.41. The molecule has 2 heterocycles. The summed E-state index contributed by atoms with van der Waals surface area (Å²) in [7, 11) is 0. The second-order valence-corrected chi connectivity index (χ2v) is 8.02. The molecule has 1 saturated heterocycles. The summed E-state index contributed by atoms with van der Waals surface area (Å²) in [6.07, 6.45) is 1.74. The molecule has 2 aromatic rings. The number of ketones is 1. The van der Waals surface area contributed by atoms with Gasteiger partial charge in [-0.25, -0.2) is 4.79 Å². The molecule has 3 amide bonds. The highest BCUT2D eigenvalue weighted by Gasteiger charge is 2.50. The van der Waals surface area contributed by atoms with E-state index in [0.29, 0.717) is 22.7 Å². The van der Waals surface area contributed by atoms with Crippen LogP contribution >= 0.6 is 23.2 Å². The first-order valence-corrected chi connectivity index (χ1v) is 9.76. The average molecular weight is 434 g/mol. The van der Waals surface area contributed by atoms with Crippen molar-refractivity contribution in [3.05, 3.63) is 69.5 Å². The highest BCUT2D eigenvalue weighted by atomic mass is 35.5. The number of rotatable bonds is 6. The summed E-state index contributed by atoms with van der Waals surface area (Å²) in [5.41, 5.74) is 1.19. The highest BCUT2D eigenvalue weighted by Crippen LogP contribution is 2.35. The second-order valence-electron chi connectivity index (χ2n) is 7.18. The van der Waals surface area contributed by atoms with Crippen molar-refractivity contribution in [3.63, 3.8) is 0 Å². The van der Waals surface area contributed by atoms with Gasteiger partial charge in [0.2, 0.25) is 0 Å². The molecule has 3 rings (SSSR count). The Kier molecular flexibility index (Phi) is 5.61. The molecule has 1 aliphatic heterocycles. The summed E-state index contributed by atoms with van der Waals surface area (Å²) in [4.78, 5) is 39.4. The molecular weight excluding hydrogens is 413 g/mol. The predicted molar refractivity (Wildman–Crippen MR) is 112 cm³/mol. The van der Waals surface area contributed by atoms with Crippen LogP contribution in [-0.4, -0.2) is 33.7 Å². The zero-order valence-corrected chi connectivity index (χ0v) is 17.9. The minimum atomic E-state index is -1.38. The van der Waals surface area contributed by atoms with Crippen LogP contribution in [0.1, 0.15) is 34.2 Å². The molecule has 1 atom stereocenters. The predicted octanol–water partition coefficient (Wildman–Crippen LogP) is 4.25. The van der Waals surface area contributed by atoms with Crippen molar-refractivity contribution in [3.8, 4) is 0 Å². The molecule has 1 fully saturated rings. The van der Waals surface area contributed by atoms with Gasteiger partial charge in [0.15, 0.2) is 5.78 Å². The lowest BCUT2D eigenvalue weighted by molar-refractivity contribution is -0.130. The van der Waals surface area contributed by atoms with E-state index in [1.807, 2.05) is 18.4 Å². The van der Waals surface area contributed by atoms with Gasteiger partial charge in [-0.3, -0.25) is 14.5 Å². The molecule has 29 heavy (non-hydrogen) atoms. The molecule has 8 heteroatoms. The molecule has 0 aliphatic carbocycles. The number of carbonyl (C=O) groups excluding carboxylic acids is 3. The number of nitrogens with one attached hydrogen (secondary N) is 1. The molecule has 0 spiro atoms. The molecule has 1 aromatic carbocycles. The van der Waals surface area contributed by atoms with Crippen molar-refractivity contribution in [2.24, 2.45) is 0 Å². The van der Waals surface area contributed by atoms with E-state index in [0.717, 1.165) is 16.3 Å². The summed E-state index contributed by atoms with van der Waals surface area (Å²) < 4.78 is 1.95. The number of imide groups is 1. The van der Waals surface area contributed by atoms with E-state index < -0.39 is 17.5 Å². The molecular formula is C21H21Cl2N3O3. The normalized spacial score (nSPS) is 18.9. The Morgan fingerprint density at radius 1 is 1.24 bits per heavy atom. The number of hydrogen-bond acceptors (Lipinski definition) is 3. The summed E-state index contributed by atoms with van der Waals surface area (Å²) in [5, 5.41) is 3.33. The number of allylic oxidation sites excluding steroid dienone is 1. The Labute approximate surface area is 179 Å².